The minimum atomic E-state index is -1.03. The number of rotatable bonds is 8. The van der Waals surface area contributed by atoms with Crippen LogP contribution >= 0.6 is 23.2 Å². The molecule has 1 atom stereocenters. The number of halogens is 2. The van der Waals surface area contributed by atoms with Crippen LogP contribution in [0.3, 0.4) is 0 Å². The number of hydrogen-bond donors (Lipinski definition) is 2. The van der Waals surface area contributed by atoms with Crippen LogP contribution in [-0.2, 0) is 0 Å². The van der Waals surface area contributed by atoms with Crippen molar-refractivity contribution in [3.05, 3.63) is 32.3 Å². The Morgan fingerprint density at radius 1 is 1.50 bits per heavy atom. The van der Waals surface area contributed by atoms with Crippen molar-refractivity contribution in [3.8, 4) is 5.88 Å². The largest absolute Gasteiger partial charge is 0.472 e. The van der Waals surface area contributed by atoms with Crippen molar-refractivity contribution in [2.24, 2.45) is 0 Å². The third-order valence-corrected chi connectivity index (χ3v) is 5.09. The molecule has 2 aromatic heterocycles. The van der Waals surface area contributed by atoms with E-state index in [1.807, 2.05) is 6.92 Å². The number of carbonyl (C=O) groups is 1. The summed E-state index contributed by atoms with van der Waals surface area (Å²) in [5.74, 6) is 0.282. The van der Waals surface area contributed by atoms with Gasteiger partial charge in [0.15, 0.2) is 0 Å². The van der Waals surface area contributed by atoms with E-state index >= 15 is 0 Å². The number of ether oxygens (including phenoxy) is 1. The number of nitro groups is 1. The zero-order chi connectivity index (χ0) is 22.0. The van der Waals surface area contributed by atoms with Gasteiger partial charge in [-0.2, -0.15) is 4.98 Å². The molecule has 2 aromatic rings. The maximum absolute atomic E-state index is 11.5. The van der Waals surface area contributed by atoms with Gasteiger partial charge in [-0.15, -0.1) is 5.10 Å². The lowest BCUT2D eigenvalue weighted by molar-refractivity contribution is -0.386. The zero-order valence-electron chi connectivity index (χ0n) is 16.1. The zero-order valence-corrected chi connectivity index (χ0v) is 17.6. The van der Waals surface area contributed by atoms with Crippen LogP contribution in [0.2, 0.25) is 10.3 Å². The van der Waals surface area contributed by atoms with Gasteiger partial charge < -0.3 is 20.1 Å². The van der Waals surface area contributed by atoms with Crippen molar-refractivity contribution in [2.75, 3.05) is 25.0 Å². The molecule has 0 radical (unpaired) electrons. The first-order valence-electron chi connectivity index (χ1n) is 8.96. The SMILES string of the molecule is Cc1c([N+](=O)[O-])c(OCCC(C)Nc2nc(Cl)ncc2Cl)nn1C1CN(C(=O)O)C1. The summed E-state index contributed by atoms with van der Waals surface area (Å²) in [6.07, 6.45) is 0.818. The lowest BCUT2D eigenvalue weighted by Gasteiger charge is -2.37. The second kappa shape index (κ2) is 8.88. The van der Waals surface area contributed by atoms with Crippen LogP contribution in [0.1, 0.15) is 25.1 Å². The van der Waals surface area contributed by atoms with Gasteiger partial charge in [0.05, 0.1) is 23.8 Å². The third kappa shape index (κ3) is 4.65. The molecular weight excluding hydrogens is 441 g/mol. The predicted octanol–water partition coefficient (Wildman–Crippen LogP) is 3.00. The van der Waals surface area contributed by atoms with Crippen molar-refractivity contribution in [1.82, 2.24) is 24.6 Å². The number of nitrogens with zero attached hydrogens (tertiary/aromatic N) is 6. The molecule has 1 unspecified atom stereocenters. The summed E-state index contributed by atoms with van der Waals surface area (Å²) in [4.78, 5) is 30.8. The van der Waals surface area contributed by atoms with Crippen LogP contribution in [0.5, 0.6) is 5.88 Å². The topological polar surface area (TPSA) is 149 Å². The van der Waals surface area contributed by atoms with E-state index in [4.69, 9.17) is 33.0 Å². The smallest absolute Gasteiger partial charge is 0.407 e. The van der Waals surface area contributed by atoms with E-state index in [0.29, 0.717) is 23.0 Å². The Bertz CT molecular complexity index is 964. The van der Waals surface area contributed by atoms with Crippen molar-refractivity contribution in [1.29, 1.82) is 0 Å². The predicted molar refractivity (Wildman–Crippen MR) is 108 cm³/mol. The third-order valence-electron chi connectivity index (χ3n) is 4.64. The van der Waals surface area contributed by atoms with Gasteiger partial charge in [0, 0.05) is 25.6 Å². The molecule has 0 aromatic carbocycles. The molecule has 3 heterocycles. The van der Waals surface area contributed by atoms with Crippen molar-refractivity contribution in [3.63, 3.8) is 0 Å². The second-order valence-corrected chi connectivity index (χ2v) is 7.55. The number of carboxylic acid groups (broad SMARTS) is 1. The number of likely N-dealkylation sites (tertiary alicyclic amines) is 1. The summed E-state index contributed by atoms with van der Waals surface area (Å²) < 4.78 is 7.04. The van der Waals surface area contributed by atoms with Gasteiger partial charge in [0.2, 0.25) is 5.28 Å². The Balaban J connectivity index is 1.62. The lowest BCUT2D eigenvalue weighted by atomic mass is 10.1. The molecule has 1 fully saturated rings. The van der Waals surface area contributed by atoms with Crippen LogP contribution in [0.25, 0.3) is 0 Å². The molecule has 0 spiro atoms. The maximum atomic E-state index is 11.5. The van der Waals surface area contributed by atoms with Gasteiger partial charge in [0.25, 0.3) is 0 Å². The summed E-state index contributed by atoms with van der Waals surface area (Å²) in [7, 11) is 0. The molecule has 1 aliphatic rings. The number of aromatic nitrogens is 4. The van der Waals surface area contributed by atoms with Crippen LogP contribution < -0.4 is 10.1 Å². The Morgan fingerprint density at radius 2 is 2.20 bits per heavy atom. The van der Waals surface area contributed by atoms with E-state index in [1.54, 1.807) is 6.92 Å². The van der Waals surface area contributed by atoms with Crippen LogP contribution in [0.15, 0.2) is 6.20 Å². The first kappa shape index (κ1) is 21.8. The summed E-state index contributed by atoms with van der Waals surface area (Å²) in [5.41, 5.74) is 0.0913. The monoisotopic (exact) mass is 459 g/mol. The molecule has 2 N–H and O–H groups in total. The number of hydrogen-bond acceptors (Lipinski definition) is 8. The fourth-order valence-electron chi connectivity index (χ4n) is 3.00. The average Bonchev–Trinajstić information content (AvgIpc) is 2.93. The normalized spacial score (nSPS) is 14.9. The summed E-state index contributed by atoms with van der Waals surface area (Å²) in [6.45, 7) is 4.01. The van der Waals surface area contributed by atoms with E-state index in [0.717, 1.165) is 0 Å². The summed E-state index contributed by atoms with van der Waals surface area (Å²) >= 11 is 11.8. The van der Waals surface area contributed by atoms with E-state index in [1.165, 1.54) is 15.8 Å². The van der Waals surface area contributed by atoms with Gasteiger partial charge in [-0.25, -0.2) is 9.78 Å². The van der Waals surface area contributed by atoms with Gasteiger partial charge in [-0.3, -0.25) is 14.8 Å². The van der Waals surface area contributed by atoms with Gasteiger partial charge >= 0.3 is 17.7 Å². The van der Waals surface area contributed by atoms with Crippen LogP contribution in [0.4, 0.5) is 16.3 Å². The summed E-state index contributed by atoms with van der Waals surface area (Å²) in [5, 5.41) is 28.1. The van der Waals surface area contributed by atoms with E-state index in [2.05, 4.69) is 20.4 Å². The minimum absolute atomic E-state index is 0.0550. The van der Waals surface area contributed by atoms with E-state index < -0.39 is 11.0 Å². The average molecular weight is 460 g/mol. The molecule has 1 aliphatic heterocycles. The molecule has 1 saturated heterocycles. The number of amides is 1. The molecule has 14 heteroatoms. The molecule has 0 bridgehead atoms. The lowest BCUT2D eigenvalue weighted by Crippen LogP contribution is -2.50. The standard InChI is InChI=1S/C16H19Cl2N7O5/c1-8(20-13-11(17)5-19-15(18)21-13)3-4-30-14-12(25(28)29)9(2)24(22-14)10-6-23(7-10)16(26)27/h5,8,10H,3-4,6-7H2,1-2H3,(H,26,27)(H,19,20,21). The van der Waals surface area contributed by atoms with Crippen molar-refractivity contribution < 1.29 is 19.6 Å². The van der Waals surface area contributed by atoms with Crippen LogP contribution in [-0.4, -0.2) is 66.5 Å². The molecule has 162 valence electrons. The second-order valence-electron chi connectivity index (χ2n) is 6.80. The first-order chi connectivity index (χ1) is 14.2. The highest BCUT2D eigenvalue weighted by atomic mass is 35.5. The van der Waals surface area contributed by atoms with Gasteiger partial charge in [0.1, 0.15) is 16.5 Å². The van der Waals surface area contributed by atoms with Crippen LogP contribution in [0, 0.1) is 17.0 Å². The van der Waals surface area contributed by atoms with Gasteiger partial charge in [-0.1, -0.05) is 11.6 Å². The molecule has 30 heavy (non-hydrogen) atoms. The van der Waals surface area contributed by atoms with E-state index in [-0.39, 0.29) is 48.6 Å². The quantitative estimate of drug-likeness (QED) is 0.344. The highest BCUT2D eigenvalue weighted by Crippen LogP contribution is 2.34. The summed E-state index contributed by atoms with van der Waals surface area (Å²) in [6, 6.07) is -0.395. The molecule has 1 amide bonds. The Morgan fingerprint density at radius 3 is 2.83 bits per heavy atom. The Hall–Kier alpha value is -2.86. The highest BCUT2D eigenvalue weighted by molar-refractivity contribution is 6.33. The molecule has 0 saturated carbocycles. The number of anilines is 1. The Kier molecular flexibility index (Phi) is 6.46. The maximum Gasteiger partial charge on any atom is 0.407 e. The van der Waals surface area contributed by atoms with Crippen molar-refractivity contribution >= 4 is 40.8 Å². The minimum Gasteiger partial charge on any atom is -0.472 e. The molecule has 0 aliphatic carbocycles. The number of nitrogens with one attached hydrogen (secondary N) is 1. The fourth-order valence-corrected chi connectivity index (χ4v) is 3.28. The van der Waals surface area contributed by atoms with E-state index in [9.17, 15) is 14.9 Å². The van der Waals surface area contributed by atoms with Gasteiger partial charge in [-0.05, 0) is 25.4 Å². The fraction of sp³-hybridized carbons (Fsp3) is 0.500. The molecule has 12 nitrogen and oxygen atoms in total. The van der Waals surface area contributed by atoms with Crippen molar-refractivity contribution in [2.45, 2.75) is 32.4 Å². The Labute approximate surface area is 180 Å². The molecular formula is C16H19Cl2N7O5. The highest BCUT2D eigenvalue weighted by Gasteiger charge is 2.37. The first-order valence-corrected chi connectivity index (χ1v) is 9.71. The molecule has 3 rings (SSSR count).